The van der Waals surface area contributed by atoms with Gasteiger partial charge in [0.1, 0.15) is 11.5 Å². The fourth-order valence-electron chi connectivity index (χ4n) is 9.04. The number of imide groups is 2. The van der Waals surface area contributed by atoms with Gasteiger partial charge in [0.05, 0.1) is 68.2 Å². The van der Waals surface area contributed by atoms with Crippen molar-refractivity contribution in [3.8, 4) is 22.6 Å². The summed E-state index contributed by atoms with van der Waals surface area (Å²) < 4.78 is 16.1. The molecule has 10 rings (SSSR count). The fraction of sp³-hybridized carbons (Fsp3) is 0.154. The topological polar surface area (TPSA) is 286 Å². The second kappa shape index (κ2) is 21.5. The van der Waals surface area contributed by atoms with Crippen molar-refractivity contribution in [2.45, 2.75) is 38.8 Å². The zero-order chi connectivity index (χ0) is 52.8. The Labute approximate surface area is 417 Å². The summed E-state index contributed by atoms with van der Waals surface area (Å²) in [6, 6.07) is 42.9. The summed E-state index contributed by atoms with van der Waals surface area (Å²) in [5, 5.41) is 34.6. The second-order valence-corrected chi connectivity index (χ2v) is 16.4. The van der Waals surface area contributed by atoms with Gasteiger partial charge in [-0.2, -0.15) is 9.13 Å². The molecule has 2 aromatic heterocycles. The molecule has 0 aliphatic carbocycles. The number of fused-ring (bicyclic) bond motifs is 4. The number of methoxy groups -OCH3 is 2. The van der Waals surface area contributed by atoms with Crippen LogP contribution in [0.25, 0.3) is 54.7 Å². The van der Waals surface area contributed by atoms with E-state index in [0.717, 1.165) is 65.9 Å². The summed E-state index contributed by atoms with van der Waals surface area (Å²) >= 11 is 0. The highest BCUT2D eigenvalue weighted by Crippen LogP contribution is 2.42. The number of ether oxygens (including phenoxy) is 2. The molecule has 0 spiro atoms. The predicted molar refractivity (Wildman–Crippen MR) is 260 cm³/mol. The quantitative estimate of drug-likeness (QED) is 0.0432. The van der Waals surface area contributed by atoms with Gasteiger partial charge in [0.2, 0.25) is 22.1 Å². The molecule has 0 bridgehead atoms. The molecule has 2 aliphatic rings. The summed E-state index contributed by atoms with van der Waals surface area (Å²) in [7, 11) is 3.05. The number of rotatable bonds is 11. The van der Waals surface area contributed by atoms with Gasteiger partial charge in [-0.05, 0) is 60.7 Å². The third-order valence-electron chi connectivity index (χ3n) is 12.2. The fourth-order valence-corrected chi connectivity index (χ4v) is 9.04. The van der Waals surface area contributed by atoms with Crippen molar-refractivity contribution < 1.29 is 67.2 Å². The van der Waals surface area contributed by atoms with Crippen LogP contribution in [0.3, 0.4) is 0 Å². The number of hydrogen-bond acceptors (Lipinski definition) is 16. The molecule has 74 heavy (non-hydrogen) atoms. The van der Waals surface area contributed by atoms with Crippen LogP contribution in [0.1, 0.15) is 57.5 Å². The maximum absolute atomic E-state index is 13.1. The van der Waals surface area contributed by atoms with E-state index in [9.17, 15) is 28.8 Å². The molecule has 8 aromatic rings. The van der Waals surface area contributed by atoms with E-state index in [1.165, 1.54) is 14.2 Å². The second-order valence-electron chi connectivity index (χ2n) is 16.4. The standard InChI is InChI=1S/C52H40N4O10.2NO3/c1-63-43-27-31(51(61)65-55-45(57)23-24-46(55)58)19-21-33(43)29-53-39-15-7-3-11-35(39)49(36-12-4-8-16-40(36)53)50-37-13-5-9-17-41(37)54(42-18-10-6-14-38(42)50)30-34-22-20-32(28-44(34)64-2)52(62)66-56-47(59)25-26-48(56)60;2*2-1(3)4/h3-22,27-28H,23-26,29-30H2,1-2H3;;/q+2;2*-1. The van der Waals surface area contributed by atoms with Crippen molar-refractivity contribution in [1.29, 1.82) is 0 Å². The molecule has 0 N–H and O–H groups in total. The molecule has 4 amide bonds. The Morgan fingerprint density at radius 2 is 0.743 bits per heavy atom. The minimum Gasteiger partial charge on any atom is -0.496 e. The zero-order valence-electron chi connectivity index (χ0n) is 39.2. The maximum Gasteiger partial charge on any atom is 0.364 e. The third kappa shape index (κ3) is 10.2. The first kappa shape index (κ1) is 50.3. The van der Waals surface area contributed by atoms with Gasteiger partial charge in [0.15, 0.2) is 13.1 Å². The van der Waals surface area contributed by atoms with Crippen molar-refractivity contribution in [2.24, 2.45) is 0 Å². The van der Waals surface area contributed by atoms with Crippen LogP contribution in [-0.4, -0.2) is 70.1 Å². The Kier molecular flexibility index (Phi) is 14.6. The first-order valence-corrected chi connectivity index (χ1v) is 22.4. The van der Waals surface area contributed by atoms with Crippen LogP contribution in [0, 0.1) is 30.6 Å². The van der Waals surface area contributed by atoms with E-state index in [1.54, 1.807) is 36.4 Å². The lowest BCUT2D eigenvalue weighted by atomic mass is 9.90. The molecule has 0 unspecified atom stereocenters. The normalized spacial score (nSPS) is 13.1. The number of carbonyl (C=O) groups excluding carboxylic acids is 6. The van der Waals surface area contributed by atoms with Gasteiger partial charge in [-0.1, -0.05) is 48.5 Å². The first-order valence-electron chi connectivity index (χ1n) is 22.4. The molecule has 2 aliphatic heterocycles. The molecular formula is C52H40N6O16. The molecule has 374 valence electrons. The average Bonchev–Trinajstić information content (AvgIpc) is 3.90. The van der Waals surface area contributed by atoms with Crippen LogP contribution in [0.2, 0.25) is 0 Å². The average molecular weight is 1000 g/mol. The van der Waals surface area contributed by atoms with Crippen molar-refractivity contribution in [3.05, 3.63) is 186 Å². The van der Waals surface area contributed by atoms with Gasteiger partial charge in [0.25, 0.3) is 23.6 Å². The Hall–Kier alpha value is -10.1. The van der Waals surface area contributed by atoms with E-state index in [1.807, 2.05) is 48.5 Å². The van der Waals surface area contributed by atoms with Crippen molar-refractivity contribution in [2.75, 3.05) is 14.2 Å². The van der Waals surface area contributed by atoms with Crippen molar-refractivity contribution in [3.63, 3.8) is 0 Å². The lowest BCUT2D eigenvalue weighted by molar-refractivity contribution is -0.636. The van der Waals surface area contributed by atoms with Crippen LogP contribution in [0.4, 0.5) is 0 Å². The van der Waals surface area contributed by atoms with Crippen molar-refractivity contribution >= 4 is 79.2 Å². The van der Waals surface area contributed by atoms with Crippen molar-refractivity contribution in [1.82, 2.24) is 10.1 Å². The first-order chi connectivity index (χ1) is 35.6. The number of hydroxylamine groups is 4. The summed E-state index contributed by atoms with van der Waals surface area (Å²) in [4.78, 5) is 102. The summed E-state index contributed by atoms with van der Waals surface area (Å²) in [5.74, 6) is -3.06. The molecule has 22 heteroatoms. The van der Waals surface area contributed by atoms with E-state index in [-0.39, 0.29) is 36.8 Å². The molecule has 0 saturated carbocycles. The monoisotopic (exact) mass is 1000 g/mol. The predicted octanol–water partition coefficient (Wildman–Crippen LogP) is 6.62. The van der Waals surface area contributed by atoms with Gasteiger partial charge in [-0.25, -0.2) is 9.59 Å². The maximum atomic E-state index is 13.1. The van der Waals surface area contributed by atoms with E-state index >= 15 is 0 Å². The number of hydrogen-bond donors (Lipinski definition) is 0. The number of benzene rings is 6. The van der Waals surface area contributed by atoms with Gasteiger partial charge < -0.3 is 49.8 Å². The molecule has 2 fully saturated rings. The van der Waals surface area contributed by atoms with Crippen LogP contribution in [0.15, 0.2) is 133 Å². The summed E-state index contributed by atoms with van der Waals surface area (Å²) in [5.41, 5.74) is 7.72. The highest BCUT2D eigenvalue weighted by molar-refractivity contribution is 6.18. The number of carbonyl (C=O) groups is 6. The SMILES string of the molecule is COc1cc(C(=O)ON2C(=O)CCC2=O)ccc1C[n+]1c2ccccc2c(-c2c3ccccc3[n+](Cc3ccc(C(=O)ON4C(=O)CCC4=O)cc3OC)c3ccccc23)c2ccccc21.O=[N+]([O-])[O-].O=[N+]([O-])[O-]. The van der Waals surface area contributed by atoms with Gasteiger partial charge in [0, 0.05) is 61.1 Å². The Morgan fingerprint density at radius 3 is 1.01 bits per heavy atom. The lowest BCUT2D eigenvalue weighted by Gasteiger charge is -2.17. The van der Waals surface area contributed by atoms with Crippen LogP contribution in [0.5, 0.6) is 11.5 Å². The lowest BCUT2D eigenvalue weighted by Crippen LogP contribution is -2.37. The number of amides is 4. The number of aromatic nitrogens is 2. The largest absolute Gasteiger partial charge is 0.496 e. The Balaban J connectivity index is 0.000000851. The minimum absolute atomic E-state index is 0.00613. The summed E-state index contributed by atoms with van der Waals surface area (Å²) in [6.07, 6.45) is -0.0245. The molecule has 2 saturated heterocycles. The van der Waals surface area contributed by atoms with Gasteiger partial charge >= 0.3 is 11.9 Å². The van der Waals surface area contributed by atoms with E-state index in [0.29, 0.717) is 34.7 Å². The number of nitrogens with zero attached hydrogens (tertiary/aromatic N) is 6. The molecule has 22 nitrogen and oxygen atoms in total. The minimum atomic E-state index is -1.75. The zero-order valence-corrected chi connectivity index (χ0v) is 39.2. The number of para-hydroxylation sites is 4. The molecule has 0 radical (unpaired) electrons. The van der Waals surface area contributed by atoms with Crippen LogP contribution >= 0.6 is 0 Å². The van der Waals surface area contributed by atoms with E-state index in [4.69, 9.17) is 49.8 Å². The highest BCUT2D eigenvalue weighted by atomic mass is 16.9. The van der Waals surface area contributed by atoms with E-state index in [2.05, 4.69) is 57.7 Å². The summed E-state index contributed by atoms with van der Waals surface area (Å²) in [6.45, 7) is 0.734. The Morgan fingerprint density at radius 1 is 0.473 bits per heavy atom. The smallest absolute Gasteiger partial charge is 0.364 e. The molecular weight excluding hydrogens is 965 g/mol. The number of pyridine rings is 2. The van der Waals surface area contributed by atoms with Gasteiger partial charge in [-0.3, -0.25) is 19.2 Å². The molecule has 4 heterocycles. The molecule has 0 atom stereocenters. The molecule has 6 aromatic carbocycles. The van der Waals surface area contributed by atoms with Crippen LogP contribution in [-0.2, 0) is 41.9 Å². The van der Waals surface area contributed by atoms with Gasteiger partial charge in [-0.15, -0.1) is 10.1 Å². The highest BCUT2D eigenvalue weighted by Gasteiger charge is 2.35. The van der Waals surface area contributed by atoms with Crippen LogP contribution < -0.4 is 18.6 Å². The third-order valence-corrected chi connectivity index (χ3v) is 12.2. The Bertz CT molecular complexity index is 3250. The van der Waals surface area contributed by atoms with E-state index < -0.39 is 45.7 Å².